The van der Waals surface area contributed by atoms with Crippen LogP contribution in [0.5, 0.6) is 0 Å². The standard InChI is InChI=1S/C11H18N4OS/c1-2-9-14-15-11(17-9)13-10(16)8-5-3-4-7(8)6-12/h7-8H,2-6,12H2,1H3,(H,13,15,16)/t7-,8-/m1/s1. The molecule has 1 aliphatic rings. The summed E-state index contributed by atoms with van der Waals surface area (Å²) >= 11 is 1.44. The Bertz CT molecular complexity index is 393. The third-order valence-corrected chi connectivity index (χ3v) is 4.28. The molecule has 0 radical (unpaired) electrons. The Morgan fingerprint density at radius 2 is 2.35 bits per heavy atom. The predicted molar refractivity (Wildman–Crippen MR) is 67.8 cm³/mol. The van der Waals surface area contributed by atoms with Gasteiger partial charge in [0.1, 0.15) is 5.01 Å². The van der Waals surface area contributed by atoms with Gasteiger partial charge in [0.05, 0.1) is 0 Å². The Morgan fingerprint density at radius 1 is 1.53 bits per heavy atom. The second-order valence-electron chi connectivity index (χ2n) is 4.38. The molecule has 6 heteroatoms. The van der Waals surface area contributed by atoms with Gasteiger partial charge in [-0.3, -0.25) is 4.79 Å². The summed E-state index contributed by atoms with van der Waals surface area (Å²) in [5, 5.41) is 12.3. The van der Waals surface area contributed by atoms with Crippen molar-refractivity contribution >= 4 is 22.4 Å². The molecule has 1 saturated carbocycles. The first kappa shape index (κ1) is 12.4. The minimum Gasteiger partial charge on any atom is -0.330 e. The van der Waals surface area contributed by atoms with Crippen molar-refractivity contribution in [2.45, 2.75) is 32.6 Å². The molecular formula is C11H18N4OS. The number of aromatic nitrogens is 2. The molecule has 3 N–H and O–H groups in total. The van der Waals surface area contributed by atoms with E-state index >= 15 is 0 Å². The Morgan fingerprint density at radius 3 is 3.00 bits per heavy atom. The second kappa shape index (κ2) is 5.55. The second-order valence-corrected chi connectivity index (χ2v) is 5.44. The fourth-order valence-corrected chi connectivity index (χ4v) is 2.99. The SMILES string of the molecule is CCc1nnc(NC(=O)[C@@H]2CCC[C@@H]2CN)s1. The number of carbonyl (C=O) groups excluding carboxylic acids is 1. The number of anilines is 1. The third kappa shape index (κ3) is 2.81. The lowest BCUT2D eigenvalue weighted by atomic mass is 9.95. The van der Waals surface area contributed by atoms with Crippen LogP contribution in [0.2, 0.25) is 0 Å². The molecule has 1 aromatic heterocycles. The first-order valence-corrected chi connectivity index (χ1v) is 6.89. The predicted octanol–water partition coefficient (Wildman–Crippen LogP) is 1.41. The fourth-order valence-electron chi connectivity index (χ4n) is 2.31. The van der Waals surface area contributed by atoms with E-state index in [9.17, 15) is 4.79 Å². The van der Waals surface area contributed by atoms with Gasteiger partial charge in [-0.15, -0.1) is 10.2 Å². The monoisotopic (exact) mass is 254 g/mol. The molecule has 1 heterocycles. The van der Waals surface area contributed by atoms with E-state index in [4.69, 9.17) is 5.73 Å². The van der Waals surface area contributed by atoms with E-state index in [1.807, 2.05) is 6.92 Å². The van der Waals surface area contributed by atoms with Crippen LogP contribution in [0.15, 0.2) is 0 Å². The normalized spacial score (nSPS) is 23.9. The van der Waals surface area contributed by atoms with Crippen LogP contribution >= 0.6 is 11.3 Å². The van der Waals surface area contributed by atoms with E-state index in [0.717, 1.165) is 30.7 Å². The first-order chi connectivity index (χ1) is 8.24. The van der Waals surface area contributed by atoms with Gasteiger partial charge >= 0.3 is 0 Å². The minimum absolute atomic E-state index is 0.0500. The maximum absolute atomic E-state index is 12.1. The van der Waals surface area contributed by atoms with Crippen molar-refractivity contribution in [3.63, 3.8) is 0 Å². The van der Waals surface area contributed by atoms with Gasteiger partial charge in [0.2, 0.25) is 11.0 Å². The molecule has 94 valence electrons. The molecule has 0 unspecified atom stereocenters. The summed E-state index contributed by atoms with van der Waals surface area (Å²) < 4.78 is 0. The van der Waals surface area contributed by atoms with Crippen LogP contribution in [0.3, 0.4) is 0 Å². The van der Waals surface area contributed by atoms with Crippen molar-refractivity contribution in [2.24, 2.45) is 17.6 Å². The first-order valence-electron chi connectivity index (χ1n) is 6.08. The highest BCUT2D eigenvalue weighted by molar-refractivity contribution is 7.15. The maximum Gasteiger partial charge on any atom is 0.229 e. The smallest absolute Gasteiger partial charge is 0.229 e. The van der Waals surface area contributed by atoms with E-state index in [2.05, 4.69) is 15.5 Å². The van der Waals surface area contributed by atoms with Crippen molar-refractivity contribution < 1.29 is 4.79 Å². The minimum atomic E-state index is 0.0500. The summed E-state index contributed by atoms with van der Waals surface area (Å²) in [7, 11) is 0. The molecule has 2 atom stereocenters. The number of aryl methyl sites for hydroxylation is 1. The Balaban J connectivity index is 1.96. The number of rotatable bonds is 4. The van der Waals surface area contributed by atoms with Crippen LogP contribution in [0.1, 0.15) is 31.2 Å². The topological polar surface area (TPSA) is 80.9 Å². The van der Waals surface area contributed by atoms with Gasteiger partial charge in [0, 0.05) is 5.92 Å². The number of nitrogens with two attached hydrogens (primary N) is 1. The highest BCUT2D eigenvalue weighted by Crippen LogP contribution is 2.32. The molecule has 2 rings (SSSR count). The van der Waals surface area contributed by atoms with E-state index in [-0.39, 0.29) is 11.8 Å². The van der Waals surface area contributed by atoms with Crippen LogP contribution in [0, 0.1) is 11.8 Å². The number of nitrogens with one attached hydrogen (secondary N) is 1. The van der Waals surface area contributed by atoms with Gasteiger partial charge in [-0.05, 0) is 31.7 Å². The highest BCUT2D eigenvalue weighted by Gasteiger charge is 2.32. The molecule has 0 aromatic carbocycles. The molecule has 5 nitrogen and oxygen atoms in total. The van der Waals surface area contributed by atoms with Crippen LogP contribution in [-0.2, 0) is 11.2 Å². The fraction of sp³-hybridized carbons (Fsp3) is 0.727. The Hall–Kier alpha value is -1.01. The molecule has 1 amide bonds. The van der Waals surface area contributed by atoms with Crippen molar-refractivity contribution in [2.75, 3.05) is 11.9 Å². The van der Waals surface area contributed by atoms with Gasteiger partial charge in [-0.25, -0.2) is 0 Å². The summed E-state index contributed by atoms with van der Waals surface area (Å²) in [5.41, 5.74) is 5.68. The van der Waals surface area contributed by atoms with Crippen LogP contribution in [0.4, 0.5) is 5.13 Å². The van der Waals surface area contributed by atoms with Gasteiger partial charge in [0.15, 0.2) is 0 Å². The third-order valence-electron chi connectivity index (χ3n) is 3.30. The Kier molecular flexibility index (Phi) is 4.06. The zero-order chi connectivity index (χ0) is 12.3. The summed E-state index contributed by atoms with van der Waals surface area (Å²) in [6.45, 7) is 2.61. The molecular weight excluding hydrogens is 236 g/mol. The highest BCUT2D eigenvalue weighted by atomic mass is 32.1. The molecule has 1 aromatic rings. The summed E-state index contributed by atoms with van der Waals surface area (Å²) in [5.74, 6) is 0.430. The van der Waals surface area contributed by atoms with E-state index < -0.39 is 0 Å². The molecule has 0 aliphatic heterocycles. The average Bonchev–Trinajstić information content (AvgIpc) is 2.96. The number of amides is 1. The van der Waals surface area contributed by atoms with Crippen molar-refractivity contribution in [3.05, 3.63) is 5.01 Å². The summed E-state index contributed by atoms with van der Waals surface area (Å²) in [4.78, 5) is 12.1. The lowest BCUT2D eigenvalue weighted by Gasteiger charge is -2.15. The van der Waals surface area contributed by atoms with E-state index in [1.54, 1.807) is 0 Å². The summed E-state index contributed by atoms with van der Waals surface area (Å²) in [6.07, 6.45) is 3.94. The van der Waals surface area contributed by atoms with Crippen LogP contribution in [-0.4, -0.2) is 22.6 Å². The van der Waals surface area contributed by atoms with E-state index in [1.165, 1.54) is 11.3 Å². The average molecular weight is 254 g/mol. The molecule has 0 saturated heterocycles. The van der Waals surface area contributed by atoms with Gasteiger partial charge in [-0.1, -0.05) is 24.7 Å². The van der Waals surface area contributed by atoms with Gasteiger partial charge in [-0.2, -0.15) is 0 Å². The lowest BCUT2D eigenvalue weighted by Crippen LogP contribution is -2.29. The van der Waals surface area contributed by atoms with Crippen molar-refractivity contribution in [3.8, 4) is 0 Å². The van der Waals surface area contributed by atoms with Gasteiger partial charge < -0.3 is 11.1 Å². The molecule has 1 aliphatic carbocycles. The van der Waals surface area contributed by atoms with Gasteiger partial charge in [0.25, 0.3) is 0 Å². The molecule has 17 heavy (non-hydrogen) atoms. The zero-order valence-electron chi connectivity index (χ0n) is 9.98. The summed E-state index contributed by atoms with van der Waals surface area (Å²) in [6, 6.07) is 0. The largest absolute Gasteiger partial charge is 0.330 e. The van der Waals surface area contributed by atoms with Crippen LogP contribution in [0.25, 0.3) is 0 Å². The molecule has 1 fully saturated rings. The van der Waals surface area contributed by atoms with E-state index in [0.29, 0.717) is 17.6 Å². The number of hydrogen-bond donors (Lipinski definition) is 2. The van der Waals surface area contributed by atoms with Crippen molar-refractivity contribution in [1.29, 1.82) is 0 Å². The zero-order valence-corrected chi connectivity index (χ0v) is 10.8. The molecule has 0 bridgehead atoms. The van der Waals surface area contributed by atoms with Crippen LogP contribution < -0.4 is 11.1 Å². The number of nitrogens with zero attached hydrogens (tertiary/aromatic N) is 2. The lowest BCUT2D eigenvalue weighted by molar-refractivity contribution is -0.120. The number of carbonyl (C=O) groups is 1. The Labute approximate surface area is 105 Å². The number of hydrogen-bond acceptors (Lipinski definition) is 5. The maximum atomic E-state index is 12.1. The molecule has 0 spiro atoms. The van der Waals surface area contributed by atoms with Crippen molar-refractivity contribution in [1.82, 2.24) is 10.2 Å². The quantitative estimate of drug-likeness (QED) is 0.851.